The monoisotopic (exact) mass is 447 g/mol. The third kappa shape index (κ3) is 5.09. The SMILES string of the molecule is Cc1ccc(S(=O)(=O)OC(C)CCC(C)C(C#N)(c2ccccc2)c2ccccc2)cc1. The van der Waals surface area contributed by atoms with Gasteiger partial charge in [0.2, 0.25) is 0 Å². The van der Waals surface area contributed by atoms with Gasteiger partial charge in [0.15, 0.2) is 0 Å². The van der Waals surface area contributed by atoms with E-state index in [4.69, 9.17) is 4.18 Å². The third-order valence-electron chi connectivity index (χ3n) is 5.98. The first-order chi connectivity index (χ1) is 15.3. The van der Waals surface area contributed by atoms with Gasteiger partial charge in [-0.05, 0) is 55.9 Å². The molecule has 4 nitrogen and oxygen atoms in total. The molecule has 0 aromatic heterocycles. The topological polar surface area (TPSA) is 67.2 Å². The van der Waals surface area contributed by atoms with E-state index in [1.54, 1.807) is 31.2 Å². The molecule has 0 bridgehead atoms. The van der Waals surface area contributed by atoms with Gasteiger partial charge in [0.25, 0.3) is 10.1 Å². The molecule has 0 N–H and O–H groups in total. The predicted molar refractivity (Wildman–Crippen MR) is 127 cm³/mol. The van der Waals surface area contributed by atoms with E-state index in [2.05, 4.69) is 6.07 Å². The number of aryl methyl sites for hydroxylation is 1. The van der Waals surface area contributed by atoms with Gasteiger partial charge in [-0.1, -0.05) is 85.3 Å². The minimum Gasteiger partial charge on any atom is -0.263 e. The van der Waals surface area contributed by atoms with Crippen molar-refractivity contribution in [3.05, 3.63) is 102 Å². The molecule has 0 heterocycles. The maximum atomic E-state index is 12.6. The van der Waals surface area contributed by atoms with E-state index >= 15 is 0 Å². The van der Waals surface area contributed by atoms with Crippen LogP contribution in [0.4, 0.5) is 0 Å². The van der Waals surface area contributed by atoms with Crippen molar-refractivity contribution >= 4 is 10.1 Å². The molecule has 0 fully saturated rings. The Kier molecular flexibility index (Phi) is 7.50. The molecule has 0 aliphatic carbocycles. The smallest absolute Gasteiger partial charge is 0.263 e. The minimum absolute atomic E-state index is 0.0644. The molecule has 3 rings (SSSR count). The Labute approximate surface area is 191 Å². The fourth-order valence-electron chi connectivity index (χ4n) is 4.10. The molecular weight excluding hydrogens is 418 g/mol. The van der Waals surface area contributed by atoms with Crippen LogP contribution in [0.25, 0.3) is 0 Å². The third-order valence-corrected chi connectivity index (χ3v) is 7.41. The summed E-state index contributed by atoms with van der Waals surface area (Å²) in [6.45, 7) is 5.71. The number of nitriles is 1. The minimum atomic E-state index is -3.83. The summed E-state index contributed by atoms with van der Waals surface area (Å²) in [4.78, 5) is 0.156. The lowest BCUT2D eigenvalue weighted by Gasteiger charge is -2.34. The Morgan fingerprint density at radius 3 is 1.81 bits per heavy atom. The van der Waals surface area contributed by atoms with Crippen LogP contribution in [0, 0.1) is 24.2 Å². The second kappa shape index (κ2) is 10.1. The van der Waals surface area contributed by atoms with Gasteiger partial charge in [-0.15, -0.1) is 0 Å². The predicted octanol–water partition coefficient (Wildman–Crippen LogP) is 6.02. The van der Waals surface area contributed by atoms with Crippen molar-refractivity contribution in [2.75, 3.05) is 0 Å². The van der Waals surface area contributed by atoms with Gasteiger partial charge in [-0.3, -0.25) is 4.18 Å². The van der Waals surface area contributed by atoms with Crippen molar-refractivity contribution in [3.63, 3.8) is 0 Å². The van der Waals surface area contributed by atoms with E-state index in [0.717, 1.165) is 16.7 Å². The highest BCUT2D eigenvalue weighted by molar-refractivity contribution is 7.86. The Bertz CT molecular complexity index is 1110. The Hall–Kier alpha value is -2.94. The van der Waals surface area contributed by atoms with Crippen LogP contribution in [-0.2, 0) is 19.7 Å². The first-order valence-electron chi connectivity index (χ1n) is 10.8. The normalized spacial score (nSPS) is 13.8. The highest BCUT2D eigenvalue weighted by atomic mass is 32.2. The molecule has 0 spiro atoms. The highest BCUT2D eigenvalue weighted by Crippen LogP contribution is 2.41. The van der Waals surface area contributed by atoms with Crippen LogP contribution in [0.3, 0.4) is 0 Å². The van der Waals surface area contributed by atoms with E-state index in [1.807, 2.05) is 74.5 Å². The quantitative estimate of drug-likeness (QED) is 0.377. The fourth-order valence-corrected chi connectivity index (χ4v) is 5.21. The molecule has 2 unspecified atom stereocenters. The van der Waals surface area contributed by atoms with Crippen LogP contribution >= 0.6 is 0 Å². The van der Waals surface area contributed by atoms with E-state index in [-0.39, 0.29) is 10.8 Å². The number of hydrogen-bond acceptors (Lipinski definition) is 4. The van der Waals surface area contributed by atoms with Crippen molar-refractivity contribution in [2.45, 2.75) is 50.0 Å². The van der Waals surface area contributed by atoms with Crippen molar-refractivity contribution in [2.24, 2.45) is 5.92 Å². The lowest BCUT2D eigenvalue weighted by Crippen LogP contribution is -2.34. The van der Waals surface area contributed by atoms with E-state index < -0.39 is 21.6 Å². The molecule has 0 saturated carbocycles. The zero-order valence-electron chi connectivity index (χ0n) is 18.7. The van der Waals surface area contributed by atoms with Crippen LogP contribution in [0.5, 0.6) is 0 Å². The highest BCUT2D eigenvalue weighted by Gasteiger charge is 2.40. The van der Waals surface area contributed by atoms with Crippen molar-refractivity contribution in [3.8, 4) is 6.07 Å². The molecule has 0 saturated heterocycles. The van der Waals surface area contributed by atoms with Crippen molar-refractivity contribution in [1.82, 2.24) is 0 Å². The second-order valence-corrected chi connectivity index (χ2v) is 9.88. The molecule has 32 heavy (non-hydrogen) atoms. The molecule has 166 valence electrons. The standard InChI is InChI=1S/C27H29NO3S/c1-21-14-18-26(19-15-21)32(29,30)31-23(3)17-16-22(2)27(20-28,24-10-6-4-7-11-24)25-12-8-5-9-13-25/h4-15,18-19,22-23H,16-17H2,1-3H3. The molecular formula is C27H29NO3S. The molecule has 3 aromatic carbocycles. The molecule has 5 heteroatoms. The zero-order valence-corrected chi connectivity index (χ0v) is 19.5. The lowest BCUT2D eigenvalue weighted by atomic mass is 9.66. The number of nitrogens with zero attached hydrogens (tertiary/aromatic N) is 1. The zero-order chi connectivity index (χ0) is 23.2. The molecule has 0 aliphatic heterocycles. The van der Waals surface area contributed by atoms with Gasteiger partial charge in [-0.2, -0.15) is 13.7 Å². The lowest BCUT2D eigenvalue weighted by molar-refractivity contribution is 0.201. The van der Waals surface area contributed by atoms with Crippen LogP contribution in [0.15, 0.2) is 89.8 Å². The summed E-state index contributed by atoms with van der Waals surface area (Å²) in [7, 11) is -3.83. The summed E-state index contributed by atoms with van der Waals surface area (Å²) in [6, 6.07) is 28.8. The maximum Gasteiger partial charge on any atom is 0.297 e. The van der Waals surface area contributed by atoms with Crippen molar-refractivity contribution in [1.29, 1.82) is 5.26 Å². The molecule has 0 radical (unpaired) electrons. The summed E-state index contributed by atoms with van der Waals surface area (Å²) in [6.07, 6.45) is 0.629. The number of benzene rings is 3. The maximum absolute atomic E-state index is 12.6. The average Bonchev–Trinajstić information content (AvgIpc) is 2.80. The van der Waals surface area contributed by atoms with Gasteiger partial charge < -0.3 is 0 Å². The van der Waals surface area contributed by atoms with E-state index in [1.165, 1.54) is 0 Å². The molecule has 3 aromatic rings. The van der Waals surface area contributed by atoms with Gasteiger partial charge in [0.1, 0.15) is 5.41 Å². The average molecular weight is 448 g/mol. The van der Waals surface area contributed by atoms with Gasteiger partial charge in [0, 0.05) is 0 Å². The summed E-state index contributed by atoms with van der Waals surface area (Å²) < 4.78 is 30.7. The van der Waals surface area contributed by atoms with E-state index in [0.29, 0.717) is 12.8 Å². The summed E-state index contributed by atoms with van der Waals surface area (Å²) >= 11 is 0. The summed E-state index contributed by atoms with van der Waals surface area (Å²) in [5.74, 6) is -0.0644. The Balaban J connectivity index is 1.79. The van der Waals surface area contributed by atoms with Crippen LogP contribution in [0.2, 0.25) is 0 Å². The van der Waals surface area contributed by atoms with Gasteiger partial charge >= 0.3 is 0 Å². The number of hydrogen-bond donors (Lipinski definition) is 0. The van der Waals surface area contributed by atoms with Crippen LogP contribution < -0.4 is 0 Å². The van der Waals surface area contributed by atoms with Gasteiger partial charge in [-0.25, -0.2) is 0 Å². The first kappa shape index (κ1) is 23.7. The Morgan fingerprint density at radius 2 is 1.34 bits per heavy atom. The Morgan fingerprint density at radius 1 is 0.844 bits per heavy atom. The number of rotatable bonds is 9. The van der Waals surface area contributed by atoms with Crippen LogP contribution in [0.1, 0.15) is 43.4 Å². The van der Waals surface area contributed by atoms with Crippen LogP contribution in [-0.4, -0.2) is 14.5 Å². The largest absolute Gasteiger partial charge is 0.297 e. The van der Waals surface area contributed by atoms with Gasteiger partial charge in [0.05, 0.1) is 17.1 Å². The first-order valence-corrected chi connectivity index (χ1v) is 12.2. The molecule has 0 aliphatic rings. The molecule has 2 atom stereocenters. The van der Waals surface area contributed by atoms with E-state index in [9.17, 15) is 13.7 Å². The van der Waals surface area contributed by atoms with Crippen molar-refractivity contribution < 1.29 is 12.6 Å². The summed E-state index contributed by atoms with van der Waals surface area (Å²) in [5, 5.41) is 10.4. The second-order valence-electron chi connectivity index (χ2n) is 8.30. The fraction of sp³-hybridized carbons (Fsp3) is 0.296. The summed E-state index contributed by atoms with van der Waals surface area (Å²) in [5.41, 5.74) is 2.02. The molecule has 0 amide bonds.